The molecule has 0 aliphatic carbocycles. The molecule has 0 spiro atoms. The second-order valence-corrected chi connectivity index (χ2v) is 4.86. The van der Waals surface area contributed by atoms with Crippen LogP contribution in [0.1, 0.15) is 29.7 Å². The van der Waals surface area contributed by atoms with Crippen LogP contribution in [0.2, 0.25) is 0 Å². The minimum absolute atomic E-state index is 0.200. The van der Waals surface area contributed by atoms with Gasteiger partial charge in [0.1, 0.15) is 11.3 Å². The van der Waals surface area contributed by atoms with Crippen molar-refractivity contribution < 1.29 is 14.3 Å². The zero-order chi connectivity index (χ0) is 13.8. The lowest BCUT2D eigenvalue weighted by Crippen LogP contribution is -2.15. The fraction of sp³-hybridized carbons (Fsp3) is 0.400. The van der Waals surface area contributed by atoms with Gasteiger partial charge in [-0.15, -0.1) is 0 Å². The molecule has 1 aromatic carbocycles. The van der Waals surface area contributed by atoms with Crippen LogP contribution in [0.15, 0.2) is 22.6 Å². The van der Waals surface area contributed by atoms with Gasteiger partial charge < -0.3 is 14.8 Å². The van der Waals surface area contributed by atoms with Crippen LogP contribution in [0.4, 0.5) is 0 Å². The summed E-state index contributed by atoms with van der Waals surface area (Å²) < 4.78 is 5.75. The molecule has 0 atom stereocenters. The first-order valence-electron chi connectivity index (χ1n) is 6.48. The first-order chi connectivity index (χ1) is 9.06. The summed E-state index contributed by atoms with van der Waals surface area (Å²) in [5.41, 5.74) is 3.39. The van der Waals surface area contributed by atoms with Gasteiger partial charge in [0, 0.05) is 11.8 Å². The number of carboxylic acids is 1. The molecule has 102 valence electrons. The maximum Gasteiger partial charge on any atom is 0.303 e. The van der Waals surface area contributed by atoms with Gasteiger partial charge in [0.25, 0.3) is 0 Å². The molecule has 0 bridgehead atoms. The first kappa shape index (κ1) is 13.6. The van der Waals surface area contributed by atoms with Crippen LogP contribution in [-0.2, 0) is 11.3 Å². The lowest BCUT2D eigenvalue weighted by atomic mass is 10.1. The molecular formula is C15H19NO3. The average Bonchev–Trinajstić information content (AvgIpc) is 2.71. The van der Waals surface area contributed by atoms with Crippen molar-refractivity contribution in [2.75, 3.05) is 6.54 Å². The predicted molar refractivity (Wildman–Crippen MR) is 74.3 cm³/mol. The van der Waals surface area contributed by atoms with Crippen molar-refractivity contribution in [2.24, 2.45) is 0 Å². The van der Waals surface area contributed by atoms with Crippen LogP contribution in [0.25, 0.3) is 11.0 Å². The van der Waals surface area contributed by atoms with E-state index < -0.39 is 5.97 Å². The van der Waals surface area contributed by atoms with E-state index in [2.05, 4.69) is 31.3 Å². The van der Waals surface area contributed by atoms with E-state index in [-0.39, 0.29) is 6.42 Å². The number of aryl methyl sites for hydroxylation is 2. The molecule has 4 nitrogen and oxygen atoms in total. The van der Waals surface area contributed by atoms with Crippen LogP contribution in [0, 0.1) is 13.8 Å². The topological polar surface area (TPSA) is 62.5 Å². The Balaban J connectivity index is 1.92. The molecule has 19 heavy (non-hydrogen) atoms. The van der Waals surface area contributed by atoms with E-state index in [0.717, 1.165) is 16.7 Å². The second kappa shape index (κ2) is 5.89. The smallest absolute Gasteiger partial charge is 0.303 e. The van der Waals surface area contributed by atoms with Gasteiger partial charge in [0.15, 0.2) is 0 Å². The highest BCUT2D eigenvalue weighted by Gasteiger charge is 2.05. The van der Waals surface area contributed by atoms with Gasteiger partial charge in [-0.25, -0.2) is 0 Å². The van der Waals surface area contributed by atoms with E-state index >= 15 is 0 Å². The number of carboxylic acid groups (broad SMARTS) is 1. The summed E-state index contributed by atoms with van der Waals surface area (Å²) >= 11 is 0. The van der Waals surface area contributed by atoms with Crippen LogP contribution in [-0.4, -0.2) is 17.6 Å². The molecule has 1 heterocycles. The highest BCUT2D eigenvalue weighted by atomic mass is 16.4. The summed E-state index contributed by atoms with van der Waals surface area (Å²) in [7, 11) is 0. The van der Waals surface area contributed by atoms with Gasteiger partial charge in [0.2, 0.25) is 0 Å². The Kier molecular flexibility index (Phi) is 4.22. The maximum absolute atomic E-state index is 10.4. The minimum Gasteiger partial charge on any atom is -0.481 e. The molecule has 4 heteroatoms. The summed E-state index contributed by atoms with van der Waals surface area (Å²) in [5.74, 6) is 0.131. The summed E-state index contributed by atoms with van der Waals surface area (Å²) in [6.45, 7) is 5.47. The SMILES string of the molecule is Cc1cc2cc(CNCCCC(=O)O)oc2cc1C. The van der Waals surface area contributed by atoms with Gasteiger partial charge in [-0.05, 0) is 56.1 Å². The minimum atomic E-state index is -0.753. The van der Waals surface area contributed by atoms with Crippen molar-refractivity contribution in [3.05, 3.63) is 35.1 Å². The standard InChI is InChI=1S/C15H19NO3/c1-10-6-12-8-13(19-14(12)7-11(10)2)9-16-5-3-4-15(17)18/h6-8,16H,3-5,9H2,1-2H3,(H,17,18). The molecule has 2 aromatic rings. The third-order valence-electron chi connectivity index (χ3n) is 3.23. The van der Waals surface area contributed by atoms with Crippen molar-refractivity contribution in [2.45, 2.75) is 33.2 Å². The fourth-order valence-electron chi connectivity index (χ4n) is 2.02. The molecule has 0 fully saturated rings. The van der Waals surface area contributed by atoms with E-state index in [1.165, 1.54) is 11.1 Å². The van der Waals surface area contributed by atoms with Crippen molar-refractivity contribution in [3.63, 3.8) is 0 Å². The Hall–Kier alpha value is -1.81. The van der Waals surface area contributed by atoms with E-state index in [1.54, 1.807) is 0 Å². The Morgan fingerprint density at radius 2 is 2.00 bits per heavy atom. The molecule has 0 saturated heterocycles. The predicted octanol–water partition coefficient (Wildman–Crippen LogP) is 3.00. The molecule has 0 saturated carbocycles. The zero-order valence-corrected chi connectivity index (χ0v) is 11.3. The van der Waals surface area contributed by atoms with E-state index in [1.807, 2.05) is 6.07 Å². The Morgan fingerprint density at radius 3 is 2.74 bits per heavy atom. The average molecular weight is 261 g/mol. The second-order valence-electron chi connectivity index (χ2n) is 4.86. The number of carbonyl (C=O) groups is 1. The van der Waals surface area contributed by atoms with Crippen molar-refractivity contribution in [3.8, 4) is 0 Å². The summed E-state index contributed by atoms with van der Waals surface area (Å²) in [5, 5.41) is 12.8. The van der Waals surface area contributed by atoms with Crippen molar-refractivity contribution >= 4 is 16.9 Å². The number of hydrogen-bond donors (Lipinski definition) is 2. The Bertz CT molecular complexity index is 547. The van der Waals surface area contributed by atoms with Gasteiger partial charge in [-0.1, -0.05) is 0 Å². The number of aliphatic carboxylic acids is 1. The van der Waals surface area contributed by atoms with Gasteiger partial charge in [0.05, 0.1) is 6.54 Å². The van der Waals surface area contributed by atoms with Crippen LogP contribution in [0.5, 0.6) is 0 Å². The van der Waals surface area contributed by atoms with E-state index in [9.17, 15) is 4.79 Å². The van der Waals surface area contributed by atoms with Crippen LogP contribution >= 0.6 is 0 Å². The molecule has 2 N–H and O–H groups in total. The molecule has 1 aromatic heterocycles. The van der Waals surface area contributed by atoms with Gasteiger partial charge in [-0.3, -0.25) is 4.79 Å². The molecule has 2 rings (SSSR count). The molecular weight excluding hydrogens is 242 g/mol. The molecule has 0 aliphatic heterocycles. The first-order valence-corrected chi connectivity index (χ1v) is 6.48. The number of nitrogens with one attached hydrogen (secondary N) is 1. The highest BCUT2D eigenvalue weighted by molar-refractivity contribution is 5.79. The zero-order valence-electron chi connectivity index (χ0n) is 11.3. The summed E-state index contributed by atoms with van der Waals surface area (Å²) in [4.78, 5) is 10.4. The lowest BCUT2D eigenvalue weighted by Gasteiger charge is -2.00. The van der Waals surface area contributed by atoms with Gasteiger partial charge in [-0.2, -0.15) is 0 Å². The number of hydrogen-bond acceptors (Lipinski definition) is 3. The van der Waals surface area contributed by atoms with E-state index in [4.69, 9.17) is 9.52 Å². The molecule has 0 radical (unpaired) electrons. The Labute approximate surface area is 112 Å². The maximum atomic E-state index is 10.4. The van der Waals surface area contributed by atoms with Crippen molar-refractivity contribution in [1.29, 1.82) is 0 Å². The quantitative estimate of drug-likeness (QED) is 0.785. The highest BCUT2D eigenvalue weighted by Crippen LogP contribution is 2.23. The van der Waals surface area contributed by atoms with Crippen LogP contribution in [0.3, 0.4) is 0 Å². The normalized spacial score (nSPS) is 11.1. The number of fused-ring (bicyclic) bond motifs is 1. The molecule has 0 aliphatic rings. The number of furan rings is 1. The number of rotatable bonds is 6. The summed E-state index contributed by atoms with van der Waals surface area (Å²) in [6, 6.07) is 6.21. The Morgan fingerprint density at radius 1 is 1.26 bits per heavy atom. The molecule has 0 unspecified atom stereocenters. The third kappa shape index (κ3) is 3.58. The third-order valence-corrected chi connectivity index (χ3v) is 3.23. The molecule has 0 amide bonds. The van der Waals surface area contributed by atoms with E-state index in [0.29, 0.717) is 19.5 Å². The summed E-state index contributed by atoms with van der Waals surface area (Å²) in [6.07, 6.45) is 0.833. The fourth-order valence-corrected chi connectivity index (χ4v) is 2.02. The van der Waals surface area contributed by atoms with Gasteiger partial charge >= 0.3 is 5.97 Å². The van der Waals surface area contributed by atoms with Crippen molar-refractivity contribution in [1.82, 2.24) is 5.32 Å². The van der Waals surface area contributed by atoms with Crippen LogP contribution < -0.4 is 5.32 Å². The number of benzene rings is 1. The lowest BCUT2D eigenvalue weighted by molar-refractivity contribution is -0.137. The largest absolute Gasteiger partial charge is 0.481 e. The monoisotopic (exact) mass is 261 g/mol.